The van der Waals surface area contributed by atoms with Gasteiger partial charge in [0.2, 0.25) is 0 Å². The summed E-state index contributed by atoms with van der Waals surface area (Å²) in [5.74, 6) is -0.881. The molecule has 0 fully saturated rings. The minimum atomic E-state index is -1.02. The Morgan fingerprint density at radius 1 is 0.974 bits per heavy atom. The Balaban J connectivity index is 2.00. The van der Waals surface area contributed by atoms with Gasteiger partial charge in [-0.15, -0.1) is 11.8 Å². The third kappa shape index (κ3) is 11.7. The number of unbranched alkanes of at least 4 members (excludes halogenated alkanes) is 4. The SMILES string of the molecule is CCCCCCCc1ccc(C/C=C\[C@H](SCc2ccc(C(=O)O)cc2OC)[C@@H](O)CCCC(=O)O)cc1. The molecule has 208 valence electrons. The summed E-state index contributed by atoms with van der Waals surface area (Å²) in [6, 6.07) is 13.5. The lowest BCUT2D eigenvalue weighted by Gasteiger charge is -2.20. The molecule has 0 aliphatic carbocycles. The zero-order valence-electron chi connectivity index (χ0n) is 22.6. The molecule has 0 radical (unpaired) electrons. The van der Waals surface area contributed by atoms with Gasteiger partial charge in [0.25, 0.3) is 0 Å². The topological polar surface area (TPSA) is 104 Å². The number of aliphatic hydroxyl groups excluding tert-OH is 1. The monoisotopic (exact) mass is 542 g/mol. The average Bonchev–Trinajstić information content (AvgIpc) is 2.90. The third-order valence-electron chi connectivity index (χ3n) is 6.51. The fraction of sp³-hybridized carbons (Fsp3) is 0.484. The molecule has 38 heavy (non-hydrogen) atoms. The number of aliphatic hydroxyl groups is 1. The van der Waals surface area contributed by atoms with E-state index >= 15 is 0 Å². The zero-order valence-corrected chi connectivity index (χ0v) is 23.4. The summed E-state index contributed by atoms with van der Waals surface area (Å²) >= 11 is 1.53. The highest BCUT2D eigenvalue weighted by molar-refractivity contribution is 7.99. The Kier molecular flexibility index (Phi) is 14.6. The van der Waals surface area contributed by atoms with Crippen molar-refractivity contribution in [2.45, 2.75) is 88.2 Å². The molecule has 3 N–H and O–H groups in total. The van der Waals surface area contributed by atoms with Gasteiger partial charge in [0.05, 0.1) is 18.8 Å². The van der Waals surface area contributed by atoms with Crippen molar-refractivity contribution in [2.24, 2.45) is 0 Å². The average molecular weight is 543 g/mol. The molecule has 2 aromatic rings. The number of carbonyl (C=O) groups is 2. The van der Waals surface area contributed by atoms with E-state index in [-0.39, 0.29) is 17.2 Å². The van der Waals surface area contributed by atoms with E-state index in [9.17, 15) is 19.8 Å². The zero-order chi connectivity index (χ0) is 27.8. The van der Waals surface area contributed by atoms with Crippen LogP contribution in [0.25, 0.3) is 0 Å². The van der Waals surface area contributed by atoms with E-state index in [1.807, 2.05) is 6.08 Å². The van der Waals surface area contributed by atoms with Gasteiger partial charge in [0.1, 0.15) is 5.75 Å². The van der Waals surface area contributed by atoms with Gasteiger partial charge >= 0.3 is 11.9 Å². The van der Waals surface area contributed by atoms with Gasteiger partial charge in [-0.3, -0.25) is 4.79 Å². The lowest BCUT2D eigenvalue weighted by atomic mass is 10.0. The van der Waals surface area contributed by atoms with Crippen molar-refractivity contribution in [1.29, 1.82) is 0 Å². The summed E-state index contributed by atoms with van der Waals surface area (Å²) in [6.45, 7) is 2.23. The second-order valence-electron chi connectivity index (χ2n) is 9.57. The fourth-order valence-electron chi connectivity index (χ4n) is 4.22. The fourth-order valence-corrected chi connectivity index (χ4v) is 5.41. The number of hydrogen-bond donors (Lipinski definition) is 3. The molecule has 0 bridgehead atoms. The molecule has 0 saturated carbocycles. The predicted molar refractivity (Wildman–Crippen MR) is 154 cm³/mol. The number of hydrogen-bond acceptors (Lipinski definition) is 5. The number of carboxylic acids is 2. The first kappa shape index (κ1) is 31.4. The maximum absolute atomic E-state index is 11.3. The number of thioether (sulfide) groups is 1. The minimum absolute atomic E-state index is 0.0214. The van der Waals surface area contributed by atoms with Crippen LogP contribution in [-0.2, 0) is 23.4 Å². The molecular formula is C31H42O6S. The first-order valence-electron chi connectivity index (χ1n) is 13.5. The maximum atomic E-state index is 11.3. The number of aromatic carboxylic acids is 1. The van der Waals surface area contributed by atoms with Crippen LogP contribution >= 0.6 is 11.8 Å². The number of allylic oxidation sites excluding steroid dienone is 1. The van der Waals surface area contributed by atoms with E-state index in [0.717, 1.165) is 18.4 Å². The maximum Gasteiger partial charge on any atom is 0.335 e. The third-order valence-corrected chi connectivity index (χ3v) is 7.84. The van der Waals surface area contributed by atoms with Crippen LogP contribution < -0.4 is 4.74 Å². The Hall–Kier alpha value is -2.77. The molecular weight excluding hydrogens is 500 g/mol. The van der Waals surface area contributed by atoms with Crippen molar-refractivity contribution in [1.82, 2.24) is 0 Å². The van der Waals surface area contributed by atoms with Gasteiger partial charge in [0, 0.05) is 23.0 Å². The highest BCUT2D eigenvalue weighted by Gasteiger charge is 2.19. The molecule has 2 atom stereocenters. The molecule has 0 amide bonds. The molecule has 0 aliphatic heterocycles. The molecule has 2 rings (SSSR count). The Bertz CT molecular complexity index is 1020. The van der Waals surface area contributed by atoms with E-state index in [1.165, 1.54) is 68.2 Å². The number of ether oxygens (including phenoxy) is 1. The van der Waals surface area contributed by atoms with E-state index in [2.05, 4.69) is 37.3 Å². The molecule has 0 aromatic heterocycles. The molecule has 0 unspecified atom stereocenters. The largest absolute Gasteiger partial charge is 0.496 e. The van der Waals surface area contributed by atoms with Crippen molar-refractivity contribution in [3.63, 3.8) is 0 Å². The number of carboxylic acid groups (broad SMARTS) is 2. The lowest BCUT2D eigenvalue weighted by Crippen LogP contribution is -2.21. The Morgan fingerprint density at radius 3 is 2.34 bits per heavy atom. The van der Waals surface area contributed by atoms with Crippen molar-refractivity contribution in [3.8, 4) is 5.75 Å². The normalized spacial score (nSPS) is 12.9. The predicted octanol–water partition coefficient (Wildman–Crippen LogP) is 6.92. The summed E-state index contributed by atoms with van der Waals surface area (Å²) in [7, 11) is 1.50. The summed E-state index contributed by atoms with van der Waals surface area (Å²) < 4.78 is 5.39. The van der Waals surface area contributed by atoms with Crippen molar-refractivity contribution in [3.05, 3.63) is 76.9 Å². The van der Waals surface area contributed by atoms with Crippen LogP contribution in [-0.4, -0.2) is 45.7 Å². The summed E-state index contributed by atoms with van der Waals surface area (Å²) in [4.78, 5) is 22.2. The van der Waals surface area contributed by atoms with Crippen LogP contribution in [0.2, 0.25) is 0 Å². The van der Waals surface area contributed by atoms with Gasteiger partial charge in [-0.1, -0.05) is 75.1 Å². The van der Waals surface area contributed by atoms with Crippen LogP contribution in [0.5, 0.6) is 5.75 Å². The van der Waals surface area contributed by atoms with Crippen LogP contribution in [0.3, 0.4) is 0 Å². The summed E-state index contributed by atoms with van der Waals surface area (Å²) in [5, 5.41) is 28.8. The molecule has 0 heterocycles. The van der Waals surface area contributed by atoms with Gasteiger partial charge < -0.3 is 20.1 Å². The van der Waals surface area contributed by atoms with Gasteiger partial charge in [-0.25, -0.2) is 4.79 Å². The van der Waals surface area contributed by atoms with Crippen LogP contribution in [0.15, 0.2) is 54.6 Å². The van der Waals surface area contributed by atoms with E-state index in [4.69, 9.17) is 9.84 Å². The van der Waals surface area contributed by atoms with Gasteiger partial charge in [-0.05, 0) is 55.4 Å². The highest BCUT2D eigenvalue weighted by Crippen LogP contribution is 2.30. The van der Waals surface area contributed by atoms with E-state index in [1.54, 1.807) is 12.1 Å². The van der Waals surface area contributed by atoms with Crippen molar-refractivity contribution >= 4 is 23.7 Å². The Morgan fingerprint density at radius 2 is 1.68 bits per heavy atom. The highest BCUT2D eigenvalue weighted by atomic mass is 32.2. The second-order valence-corrected chi connectivity index (χ2v) is 10.7. The molecule has 0 saturated heterocycles. The quantitative estimate of drug-likeness (QED) is 0.131. The van der Waals surface area contributed by atoms with Crippen LogP contribution in [0, 0.1) is 0 Å². The van der Waals surface area contributed by atoms with Crippen molar-refractivity contribution < 1.29 is 29.6 Å². The summed E-state index contributed by atoms with van der Waals surface area (Å²) in [6.07, 6.45) is 12.4. The second kappa shape index (κ2) is 17.7. The summed E-state index contributed by atoms with van der Waals surface area (Å²) in [5.41, 5.74) is 3.55. The first-order valence-corrected chi connectivity index (χ1v) is 14.5. The minimum Gasteiger partial charge on any atom is -0.496 e. The van der Waals surface area contributed by atoms with E-state index < -0.39 is 18.0 Å². The van der Waals surface area contributed by atoms with Gasteiger partial charge in [0.15, 0.2) is 0 Å². The molecule has 7 heteroatoms. The Labute approximate surface area is 231 Å². The lowest BCUT2D eigenvalue weighted by molar-refractivity contribution is -0.137. The molecule has 0 aliphatic rings. The molecule has 6 nitrogen and oxygen atoms in total. The van der Waals surface area contributed by atoms with Gasteiger partial charge in [-0.2, -0.15) is 0 Å². The van der Waals surface area contributed by atoms with Crippen LogP contribution in [0.4, 0.5) is 0 Å². The number of methoxy groups -OCH3 is 1. The van der Waals surface area contributed by atoms with E-state index in [0.29, 0.717) is 24.3 Å². The smallest absolute Gasteiger partial charge is 0.335 e. The standard InChI is InChI=1S/C31H42O6S/c1-3-4-5-6-7-10-23-15-17-24(18-16-23)11-8-13-29(27(32)12-9-14-30(33)34)38-22-26-20-19-25(31(35)36)21-28(26)37-2/h8,13,15-21,27,29,32H,3-7,9-12,14,22H2,1-2H3,(H,33,34)(H,35,36)/b13-8-/t27-,29-/m0/s1. The number of aliphatic carboxylic acids is 1. The molecule has 0 spiro atoms. The number of rotatable bonds is 19. The van der Waals surface area contributed by atoms with Crippen LogP contribution in [0.1, 0.15) is 85.3 Å². The number of aryl methyl sites for hydroxylation is 1. The van der Waals surface area contributed by atoms with Crippen molar-refractivity contribution in [2.75, 3.05) is 7.11 Å². The molecule has 2 aromatic carbocycles. The first-order chi connectivity index (χ1) is 18.3. The number of benzene rings is 2.